The van der Waals surface area contributed by atoms with E-state index in [1.807, 2.05) is 30.1 Å². The molecule has 0 saturated heterocycles. The quantitative estimate of drug-likeness (QED) is 0.559. The lowest BCUT2D eigenvalue weighted by molar-refractivity contribution is 0.474. The van der Waals surface area contributed by atoms with Crippen LogP contribution in [0.2, 0.25) is 0 Å². The molecule has 2 N–H and O–H groups in total. The van der Waals surface area contributed by atoms with Gasteiger partial charge in [0, 0.05) is 27.2 Å². The minimum Gasteiger partial charge on any atom is -0.352 e. The van der Waals surface area contributed by atoms with Gasteiger partial charge in [0.2, 0.25) is 10.0 Å². The average molecular weight is 393 g/mol. The van der Waals surface area contributed by atoms with Gasteiger partial charge in [0.25, 0.3) is 0 Å². The molecule has 0 aliphatic carbocycles. The van der Waals surface area contributed by atoms with E-state index in [1.54, 1.807) is 25.2 Å². The van der Waals surface area contributed by atoms with E-state index in [2.05, 4.69) is 15.0 Å². The molecule has 0 aromatic heterocycles. The molecule has 0 spiro atoms. The van der Waals surface area contributed by atoms with Crippen molar-refractivity contribution in [1.82, 2.24) is 14.9 Å². The molecule has 2 rings (SSSR count). The lowest BCUT2D eigenvalue weighted by Gasteiger charge is -2.22. The Bertz CT molecular complexity index is 883. The normalized spacial score (nSPS) is 12.1. The van der Waals surface area contributed by atoms with Crippen molar-refractivity contribution < 1.29 is 12.8 Å². The van der Waals surface area contributed by atoms with Gasteiger partial charge >= 0.3 is 0 Å². The second kappa shape index (κ2) is 9.48. The molecule has 0 aliphatic rings. The highest BCUT2D eigenvalue weighted by Gasteiger charge is 2.09. The molecule has 0 fully saturated rings. The number of aliphatic imine (C=N–C) groups is 1. The zero-order valence-electron chi connectivity index (χ0n) is 15.7. The molecule has 0 amide bonds. The maximum absolute atomic E-state index is 13.3. The van der Waals surface area contributed by atoms with E-state index < -0.39 is 10.0 Å². The fourth-order valence-electron chi connectivity index (χ4n) is 2.59. The Balaban J connectivity index is 1.93. The number of hydrogen-bond donors (Lipinski definition) is 2. The van der Waals surface area contributed by atoms with Gasteiger partial charge in [-0.15, -0.1) is 0 Å². The zero-order chi connectivity index (χ0) is 19.9. The maximum Gasteiger partial charge on any atom is 0.215 e. The number of nitrogens with one attached hydrogen (secondary N) is 2. The van der Waals surface area contributed by atoms with E-state index in [0.29, 0.717) is 19.0 Å². The third kappa shape index (κ3) is 6.65. The minimum absolute atomic E-state index is 0.0464. The highest BCUT2D eigenvalue weighted by molar-refractivity contribution is 7.88. The Morgan fingerprint density at radius 3 is 2.37 bits per heavy atom. The molecule has 0 bridgehead atoms. The standard InChI is InChI=1S/C19H25FN4O2S/c1-21-19(24(3)13-17-5-4-6-18(20)11-17)23-12-15-7-9-16(10-8-15)14-27(25,26)22-2/h4-11,22H,12-14H2,1-3H3,(H,21,23). The number of guanidine groups is 1. The van der Waals surface area contributed by atoms with Crippen molar-refractivity contribution in [3.05, 3.63) is 71.0 Å². The number of hydrogen-bond acceptors (Lipinski definition) is 3. The van der Waals surface area contributed by atoms with Crippen molar-refractivity contribution >= 4 is 16.0 Å². The summed E-state index contributed by atoms with van der Waals surface area (Å²) in [6.45, 7) is 1.07. The molecule has 0 heterocycles. The van der Waals surface area contributed by atoms with Gasteiger partial charge < -0.3 is 10.2 Å². The Kier molecular flexibility index (Phi) is 7.32. The van der Waals surface area contributed by atoms with Crippen molar-refractivity contribution in [1.29, 1.82) is 0 Å². The van der Waals surface area contributed by atoms with E-state index in [1.165, 1.54) is 19.2 Å². The second-order valence-corrected chi connectivity index (χ2v) is 8.09. The van der Waals surface area contributed by atoms with Gasteiger partial charge in [-0.2, -0.15) is 0 Å². The summed E-state index contributed by atoms with van der Waals surface area (Å²) in [6.07, 6.45) is 0. The second-order valence-electron chi connectivity index (χ2n) is 6.17. The zero-order valence-corrected chi connectivity index (χ0v) is 16.6. The van der Waals surface area contributed by atoms with Crippen LogP contribution < -0.4 is 10.0 Å². The topological polar surface area (TPSA) is 73.8 Å². The molecule has 2 aromatic rings. The summed E-state index contributed by atoms with van der Waals surface area (Å²) in [5.41, 5.74) is 2.58. The summed E-state index contributed by atoms with van der Waals surface area (Å²) in [7, 11) is 1.70. The third-order valence-electron chi connectivity index (χ3n) is 4.02. The summed E-state index contributed by atoms with van der Waals surface area (Å²) in [5, 5.41) is 3.25. The largest absolute Gasteiger partial charge is 0.352 e. The van der Waals surface area contributed by atoms with Crippen LogP contribution in [0.5, 0.6) is 0 Å². The number of rotatable bonds is 7. The lowest BCUT2D eigenvalue weighted by atomic mass is 10.1. The van der Waals surface area contributed by atoms with E-state index in [-0.39, 0.29) is 11.6 Å². The van der Waals surface area contributed by atoms with Gasteiger partial charge in [0.15, 0.2) is 5.96 Å². The monoisotopic (exact) mass is 392 g/mol. The molecule has 0 aliphatic heterocycles. The highest BCUT2D eigenvalue weighted by atomic mass is 32.2. The van der Waals surface area contributed by atoms with Gasteiger partial charge in [0.05, 0.1) is 5.75 Å². The van der Waals surface area contributed by atoms with Crippen LogP contribution in [-0.4, -0.2) is 40.4 Å². The molecular formula is C19H25FN4O2S. The van der Waals surface area contributed by atoms with Gasteiger partial charge in [-0.05, 0) is 35.9 Å². The number of sulfonamides is 1. The van der Waals surface area contributed by atoms with Gasteiger partial charge in [-0.3, -0.25) is 4.99 Å². The molecule has 0 atom stereocenters. The first kappa shape index (κ1) is 20.9. The first-order valence-corrected chi connectivity index (χ1v) is 10.1. The minimum atomic E-state index is -3.28. The lowest BCUT2D eigenvalue weighted by Crippen LogP contribution is -2.38. The Labute approximate surface area is 160 Å². The summed E-state index contributed by atoms with van der Waals surface area (Å²) in [4.78, 5) is 6.15. The molecule has 0 saturated carbocycles. The smallest absolute Gasteiger partial charge is 0.215 e. The predicted octanol–water partition coefficient (Wildman–Crippen LogP) is 2.08. The van der Waals surface area contributed by atoms with E-state index in [4.69, 9.17) is 0 Å². The molecule has 27 heavy (non-hydrogen) atoms. The van der Waals surface area contributed by atoms with Crippen molar-refractivity contribution in [2.75, 3.05) is 21.1 Å². The van der Waals surface area contributed by atoms with Crippen LogP contribution >= 0.6 is 0 Å². The van der Waals surface area contributed by atoms with Gasteiger partial charge in [0.1, 0.15) is 5.82 Å². The highest BCUT2D eigenvalue weighted by Crippen LogP contribution is 2.09. The fraction of sp³-hybridized carbons (Fsp3) is 0.316. The third-order valence-corrected chi connectivity index (χ3v) is 5.36. The van der Waals surface area contributed by atoms with Crippen molar-refractivity contribution in [3.63, 3.8) is 0 Å². The summed E-state index contributed by atoms with van der Waals surface area (Å²) in [6, 6.07) is 13.8. The van der Waals surface area contributed by atoms with Crippen LogP contribution in [0.25, 0.3) is 0 Å². The fourth-order valence-corrected chi connectivity index (χ4v) is 3.37. The SMILES string of the molecule is CN=C(NCc1ccc(CS(=O)(=O)NC)cc1)N(C)Cc1cccc(F)c1. The summed E-state index contributed by atoms with van der Waals surface area (Å²) < 4.78 is 38.8. The van der Waals surface area contributed by atoms with Crippen LogP contribution in [0, 0.1) is 5.82 Å². The average Bonchev–Trinajstić information content (AvgIpc) is 2.63. The van der Waals surface area contributed by atoms with Crippen molar-refractivity contribution in [2.24, 2.45) is 4.99 Å². The molecule has 0 unspecified atom stereocenters. The van der Waals surface area contributed by atoms with Gasteiger partial charge in [-0.25, -0.2) is 17.5 Å². The van der Waals surface area contributed by atoms with Crippen LogP contribution in [0.1, 0.15) is 16.7 Å². The number of nitrogens with zero attached hydrogens (tertiary/aromatic N) is 2. The van der Waals surface area contributed by atoms with E-state index >= 15 is 0 Å². The van der Waals surface area contributed by atoms with Crippen LogP contribution in [-0.2, 0) is 28.9 Å². The first-order chi connectivity index (χ1) is 12.8. The number of benzene rings is 2. The Hall–Kier alpha value is -2.45. The summed E-state index contributed by atoms with van der Waals surface area (Å²) >= 11 is 0. The van der Waals surface area contributed by atoms with Gasteiger partial charge in [-0.1, -0.05) is 36.4 Å². The van der Waals surface area contributed by atoms with Crippen molar-refractivity contribution in [3.8, 4) is 0 Å². The molecule has 146 valence electrons. The van der Waals surface area contributed by atoms with Crippen LogP contribution in [0.4, 0.5) is 4.39 Å². The van der Waals surface area contributed by atoms with Crippen molar-refractivity contribution in [2.45, 2.75) is 18.8 Å². The summed E-state index contributed by atoms with van der Waals surface area (Å²) in [5.74, 6) is 0.375. The van der Waals surface area contributed by atoms with Crippen LogP contribution in [0.15, 0.2) is 53.5 Å². The molecule has 8 heteroatoms. The Morgan fingerprint density at radius 2 is 1.78 bits per heavy atom. The predicted molar refractivity (Wildman–Crippen MR) is 106 cm³/mol. The maximum atomic E-state index is 13.3. The van der Waals surface area contributed by atoms with Crippen LogP contribution in [0.3, 0.4) is 0 Å². The Morgan fingerprint density at radius 1 is 1.11 bits per heavy atom. The first-order valence-electron chi connectivity index (χ1n) is 8.48. The number of halogens is 1. The van der Waals surface area contributed by atoms with E-state index in [9.17, 15) is 12.8 Å². The molecule has 6 nitrogen and oxygen atoms in total. The molecule has 2 aromatic carbocycles. The molecular weight excluding hydrogens is 367 g/mol. The van der Waals surface area contributed by atoms with E-state index in [0.717, 1.165) is 16.7 Å². The molecule has 0 radical (unpaired) electrons.